The van der Waals surface area contributed by atoms with Crippen molar-refractivity contribution in [3.8, 4) is 11.5 Å². The summed E-state index contributed by atoms with van der Waals surface area (Å²) in [5.41, 5.74) is 6.30. The maximum atomic E-state index is 5.68. The fourth-order valence-electron chi connectivity index (χ4n) is 1.04. The molecule has 0 atom stereocenters. The van der Waals surface area contributed by atoms with Crippen LogP contribution in [0.25, 0.3) is 0 Å². The van der Waals surface area contributed by atoms with Gasteiger partial charge in [-0.3, -0.25) is 0 Å². The molecule has 0 unspecified atom stereocenters. The third kappa shape index (κ3) is 2.83. The van der Waals surface area contributed by atoms with Crippen LogP contribution in [-0.4, -0.2) is 13.7 Å². The van der Waals surface area contributed by atoms with Gasteiger partial charge in [0, 0.05) is 6.07 Å². The zero-order valence-corrected chi connectivity index (χ0v) is 8.91. The van der Waals surface area contributed by atoms with Gasteiger partial charge in [-0.25, -0.2) is 0 Å². The minimum absolute atomic E-state index is 0.513. The first kappa shape index (κ1) is 10.7. The van der Waals surface area contributed by atoms with Crippen LogP contribution in [0.15, 0.2) is 18.2 Å². The van der Waals surface area contributed by atoms with Crippen molar-refractivity contribution in [3.05, 3.63) is 18.2 Å². The van der Waals surface area contributed by atoms with Crippen LogP contribution in [0.2, 0.25) is 0 Å². The van der Waals surface area contributed by atoms with Gasteiger partial charge in [-0.05, 0) is 18.1 Å². The Hall–Kier alpha value is -1.38. The molecular weight excluding hydrogens is 178 g/mol. The Morgan fingerprint density at radius 2 is 2.07 bits per heavy atom. The fourth-order valence-corrected chi connectivity index (χ4v) is 1.04. The van der Waals surface area contributed by atoms with Crippen molar-refractivity contribution in [2.24, 2.45) is 5.92 Å². The van der Waals surface area contributed by atoms with Crippen molar-refractivity contribution in [3.63, 3.8) is 0 Å². The number of nitrogens with two attached hydrogens (primary N) is 1. The summed E-state index contributed by atoms with van der Waals surface area (Å²) in [5, 5.41) is 0. The normalized spacial score (nSPS) is 10.3. The van der Waals surface area contributed by atoms with Crippen LogP contribution in [-0.2, 0) is 0 Å². The molecule has 0 aromatic heterocycles. The summed E-state index contributed by atoms with van der Waals surface area (Å²) >= 11 is 0. The van der Waals surface area contributed by atoms with Crippen molar-refractivity contribution in [2.45, 2.75) is 13.8 Å². The maximum Gasteiger partial charge on any atom is 0.145 e. The number of hydrogen-bond acceptors (Lipinski definition) is 3. The highest BCUT2D eigenvalue weighted by Crippen LogP contribution is 2.26. The largest absolute Gasteiger partial charge is 0.494 e. The van der Waals surface area contributed by atoms with Crippen molar-refractivity contribution in [1.82, 2.24) is 0 Å². The predicted octanol–water partition coefficient (Wildman–Crippen LogP) is 2.31. The van der Waals surface area contributed by atoms with Crippen molar-refractivity contribution in [1.29, 1.82) is 0 Å². The van der Waals surface area contributed by atoms with Gasteiger partial charge in [0.15, 0.2) is 0 Å². The minimum Gasteiger partial charge on any atom is -0.494 e. The highest BCUT2D eigenvalue weighted by atomic mass is 16.5. The van der Waals surface area contributed by atoms with E-state index in [0.717, 1.165) is 5.75 Å². The van der Waals surface area contributed by atoms with E-state index >= 15 is 0 Å². The van der Waals surface area contributed by atoms with Gasteiger partial charge in [0.25, 0.3) is 0 Å². The molecule has 3 nitrogen and oxygen atoms in total. The molecule has 0 bridgehead atoms. The molecule has 1 aromatic carbocycles. The molecule has 78 valence electrons. The first-order valence-corrected chi connectivity index (χ1v) is 4.69. The summed E-state index contributed by atoms with van der Waals surface area (Å²) in [6.45, 7) is 4.91. The summed E-state index contributed by atoms with van der Waals surface area (Å²) in [6.07, 6.45) is 0. The van der Waals surface area contributed by atoms with Gasteiger partial charge < -0.3 is 15.2 Å². The second-order valence-corrected chi connectivity index (χ2v) is 3.61. The minimum atomic E-state index is 0.513. The Morgan fingerprint density at radius 1 is 1.36 bits per heavy atom. The number of methoxy groups -OCH3 is 1. The van der Waals surface area contributed by atoms with Gasteiger partial charge in [-0.1, -0.05) is 13.8 Å². The molecule has 0 saturated heterocycles. The van der Waals surface area contributed by atoms with Gasteiger partial charge in [-0.15, -0.1) is 0 Å². The van der Waals surface area contributed by atoms with E-state index in [1.807, 2.05) is 6.07 Å². The maximum absolute atomic E-state index is 5.68. The Bertz CT molecular complexity index is 297. The molecule has 0 spiro atoms. The van der Waals surface area contributed by atoms with Gasteiger partial charge in [0.1, 0.15) is 11.5 Å². The van der Waals surface area contributed by atoms with E-state index < -0.39 is 0 Å². The SMILES string of the molecule is COc1cc(OCC(C)C)ccc1N. The Kier molecular flexibility index (Phi) is 3.63. The van der Waals surface area contributed by atoms with Crippen molar-refractivity contribution in [2.75, 3.05) is 19.5 Å². The fraction of sp³-hybridized carbons (Fsp3) is 0.455. The first-order valence-electron chi connectivity index (χ1n) is 4.69. The zero-order chi connectivity index (χ0) is 10.6. The number of nitrogen functional groups attached to an aromatic ring is 1. The molecule has 3 heteroatoms. The number of anilines is 1. The molecule has 2 N–H and O–H groups in total. The van der Waals surface area contributed by atoms with E-state index in [4.69, 9.17) is 15.2 Å². The topological polar surface area (TPSA) is 44.5 Å². The van der Waals surface area contributed by atoms with Crippen LogP contribution in [0.4, 0.5) is 5.69 Å². The standard InChI is InChI=1S/C11H17NO2/c1-8(2)7-14-9-4-5-10(12)11(6-9)13-3/h4-6,8H,7,12H2,1-3H3. The molecule has 0 aliphatic rings. The molecule has 0 aliphatic carbocycles. The molecule has 14 heavy (non-hydrogen) atoms. The van der Waals surface area contributed by atoms with E-state index in [1.54, 1.807) is 19.2 Å². The highest BCUT2D eigenvalue weighted by Gasteiger charge is 2.02. The smallest absolute Gasteiger partial charge is 0.145 e. The summed E-state index contributed by atoms with van der Waals surface area (Å²) < 4.78 is 10.6. The van der Waals surface area contributed by atoms with E-state index in [2.05, 4.69) is 13.8 Å². The number of rotatable bonds is 4. The van der Waals surface area contributed by atoms with E-state index in [1.165, 1.54) is 0 Å². The quantitative estimate of drug-likeness (QED) is 0.750. The molecule has 0 fully saturated rings. The first-order chi connectivity index (χ1) is 6.63. The molecular formula is C11H17NO2. The van der Waals surface area contributed by atoms with E-state index in [9.17, 15) is 0 Å². The Labute approximate surface area is 84.8 Å². The van der Waals surface area contributed by atoms with Crippen molar-refractivity contribution < 1.29 is 9.47 Å². The summed E-state index contributed by atoms with van der Waals surface area (Å²) in [4.78, 5) is 0. The van der Waals surface area contributed by atoms with Crippen LogP contribution in [0, 0.1) is 5.92 Å². The lowest BCUT2D eigenvalue weighted by Crippen LogP contribution is -2.04. The summed E-state index contributed by atoms with van der Waals surface area (Å²) in [7, 11) is 1.60. The third-order valence-corrected chi connectivity index (χ3v) is 1.79. The number of hydrogen-bond donors (Lipinski definition) is 1. The van der Waals surface area contributed by atoms with Crippen LogP contribution < -0.4 is 15.2 Å². The number of benzene rings is 1. The van der Waals surface area contributed by atoms with Crippen LogP contribution >= 0.6 is 0 Å². The average Bonchev–Trinajstić information content (AvgIpc) is 2.16. The lowest BCUT2D eigenvalue weighted by Gasteiger charge is -2.10. The van der Waals surface area contributed by atoms with Crippen LogP contribution in [0.3, 0.4) is 0 Å². The molecule has 1 aromatic rings. The molecule has 0 amide bonds. The van der Waals surface area contributed by atoms with E-state index in [-0.39, 0.29) is 0 Å². The average molecular weight is 195 g/mol. The predicted molar refractivity (Wildman–Crippen MR) is 57.7 cm³/mol. The lowest BCUT2D eigenvalue weighted by molar-refractivity contribution is 0.269. The summed E-state index contributed by atoms with van der Waals surface area (Å²) in [6, 6.07) is 5.44. The van der Waals surface area contributed by atoms with Gasteiger partial charge in [-0.2, -0.15) is 0 Å². The molecule has 0 aliphatic heterocycles. The summed E-state index contributed by atoms with van der Waals surface area (Å²) in [5.74, 6) is 1.97. The Morgan fingerprint density at radius 3 is 2.64 bits per heavy atom. The monoisotopic (exact) mass is 195 g/mol. The second kappa shape index (κ2) is 4.74. The molecule has 0 heterocycles. The van der Waals surface area contributed by atoms with Gasteiger partial charge >= 0.3 is 0 Å². The van der Waals surface area contributed by atoms with Crippen LogP contribution in [0.1, 0.15) is 13.8 Å². The zero-order valence-electron chi connectivity index (χ0n) is 8.91. The Balaban J connectivity index is 2.69. The number of ether oxygens (including phenoxy) is 2. The lowest BCUT2D eigenvalue weighted by atomic mass is 10.2. The van der Waals surface area contributed by atoms with Crippen molar-refractivity contribution >= 4 is 5.69 Å². The second-order valence-electron chi connectivity index (χ2n) is 3.61. The van der Waals surface area contributed by atoms with Gasteiger partial charge in [0.2, 0.25) is 0 Å². The molecule has 0 saturated carbocycles. The highest BCUT2D eigenvalue weighted by molar-refractivity contribution is 5.55. The molecule has 1 rings (SSSR count). The third-order valence-electron chi connectivity index (χ3n) is 1.79. The van der Waals surface area contributed by atoms with Crippen LogP contribution in [0.5, 0.6) is 11.5 Å². The molecule has 0 radical (unpaired) electrons. The van der Waals surface area contributed by atoms with E-state index in [0.29, 0.717) is 24.0 Å². The van der Waals surface area contributed by atoms with Gasteiger partial charge in [0.05, 0.1) is 19.4 Å².